The maximum absolute atomic E-state index is 12.7. The highest BCUT2D eigenvalue weighted by molar-refractivity contribution is 5.74. The Labute approximate surface area is 173 Å². The van der Waals surface area contributed by atoms with Crippen LogP contribution in [0.1, 0.15) is 61.3 Å². The summed E-state index contributed by atoms with van der Waals surface area (Å²) in [6.07, 6.45) is 9.26. The van der Waals surface area contributed by atoms with E-state index in [1.165, 1.54) is 49.9 Å². The predicted molar refractivity (Wildman–Crippen MR) is 115 cm³/mol. The second-order valence-corrected chi connectivity index (χ2v) is 8.47. The normalized spacial score (nSPS) is 21.0. The molecule has 4 rings (SSSR count). The van der Waals surface area contributed by atoms with Gasteiger partial charge in [0.1, 0.15) is 0 Å². The zero-order valence-electron chi connectivity index (χ0n) is 17.3. The van der Waals surface area contributed by atoms with Gasteiger partial charge < -0.3 is 10.2 Å². The lowest BCUT2D eigenvalue weighted by atomic mass is 9.95. The molecule has 0 spiro atoms. The van der Waals surface area contributed by atoms with Gasteiger partial charge >= 0.3 is 6.03 Å². The summed E-state index contributed by atoms with van der Waals surface area (Å²) in [6.45, 7) is 5.58. The highest BCUT2D eigenvalue weighted by atomic mass is 16.2. The lowest BCUT2D eigenvalue weighted by Crippen LogP contribution is -2.44. The van der Waals surface area contributed by atoms with Crippen LogP contribution < -0.4 is 5.32 Å². The molecule has 6 heteroatoms. The first kappa shape index (κ1) is 20.0. The molecule has 0 radical (unpaired) electrons. The van der Waals surface area contributed by atoms with Crippen LogP contribution in [0.15, 0.2) is 36.5 Å². The summed E-state index contributed by atoms with van der Waals surface area (Å²) in [5.74, 6) is 0.356. The quantitative estimate of drug-likeness (QED) is 0.808. The minimum absolute atomic E-state index is 0.0344. The second kappa shape index (κ2) is 9.92. The highest BCUT2D eigenvalue weighted by Crippen LogP contribution is 2.25. The van der Waals surface area contributed by atoms with Crippen molar-refractivity contribution in [3.05, 3.63) is 53.3 Å². The summed E-state index contributed by atoms with van der Waals surface area (Å²) in [6, 6.07) is 10.7. The van der Waals surface area contributed by atoms with E-state index in [9.17, 15) is 4.79 Å². The zero-order valence-corrected chi connectivity index (χ0v) is 17.3. The number of carbonyl (C=O) groups is 1. The van der Waals surface area contributed by atoms with Crippen LogP contribution in [0, 0.1) is 0 Å². The van der Waals surface area contributed by atoms with Crippen LogP contribution >= 0.6 is 0 Å². The maximum atomic E-state index is 12.7. The van der Waals surface area contributed by atoms with Gasteiger partial charge in [0.05, 0.1) is 0 Å². The Morgan fingerprint density at radius 3 is 2.69 bits per heavy atom. The average Bonchev–Trinajstić information content (AvgIpc) is 3.18. The van der Waals surface area contributed by atoms with Gasteiger partial charge in [0.2, 0.25) is 0 Å². The first-order valence-electron chi connectivity index (χ1n) is 11.1. The molecule has 1 aromatic heterocycles. The van der Waals surface area contributed by atoms with E-state index >= 15 is 0 Å². The molecular formula is C23H33N5O. The molecular weight excluding hydrogens is 362 g/mol. The van der Waals surface area contributed by atoms with Crippen LogP contribution in [0.25, 0.3) is 0 Å². The van der Waals surface area contributed by atoms with Gasteiger partial charge in [0.15, 0.2) is 0 Å². The number of urea groups is 1. The fourth-order valence-electron chi connectivity index (χ4n) is 4.59. The molecule has 0 saturated carbocycles. The van der Waals surface area contributed by atoms with E-state index in [1.54, 1.807) is 6.20 Å². The van der Waals surface area contributed by atoms with Crippen LogP contribution in [0.4, 0.5) is 4.79 Å². The molecule has 2 amide bonds. The Morgan fingerprint density at radius 1 is 1.07 bits per heavy atom. The lowest BCUT2D eigenvalue weighted by molar-refractivity contribution is 0.178. The summed E-state index contributed by atoms with van der Waals surface area (Å²) in [5.41, 5.74) is 3.65. The Morgan fingerprint density at radius 2 is 1.90 bits per heavy atom. The van der Waals surface area contributed by atoms with Gasteiger partial charge in [-0.25, -0.2) is 4.79 Å². The smallest absolute Gasteiger partial charge is 0.317 e. The number of aromatic amines is 1. The van der Waals surface area contributed by atoms with Crippen molar-refractivity contribution in [1.82, 2.24) is 25.3 Å². The van der Waals surface area contributed by atoms with Crippen molar-refractivity contribution in [3.8, 4) is 0 Å². The number of H-pyrrole nitrogens is 1. The summed E-state index contributed by atoms with van der Waals surface area (Å²) < 4.78 is 0. The van der Waals surface area contributed by atoms with Gasteiger partial charge in [-0.2, -0.15) is 5.10 Å². The Bertz CT molecular complexity index is 767. The third-order valence-corrected chi connectivity index (χ3v) is 6.21. The molecule has 29 heavy (non-hydrogen) atoms. The van der Waals surface area contributed by atoms with Crippen LogP contribution in [-0.2, 0) is 13.1 Å². The van der Waals surface area contributed by atoms with E-state index < -0.39 is 0 Å². The molecule has 6 nitrogen and oxygen atoms in total. The van der Waals surface area contributed by atoms with Crippen LogP contribution in [0.2, 0.25) is 0 Å². The number of likely N-dealkylation sites (tertiary alicyclic amines) is 2. The third kappa shape index (κ3) is 5.60. The molecule has 2 aromatic rings. The van der Waals surface area contributed by atoms with Crippen LogP contribution in [0.3, 0.4) is 0 Å². The number of nitrogens with zero attached hydrogens (tertiary/aromatic N) is 3. The average molecular weight is 396 g/mol. The fourth-order valence-corrected chi connectivity index (χ4v) is 4.59. The first-order valence-corrected chi connectivity index (χ1v) is 11.1. The Kier molecular flexibility index (Phi) is 6.83. The van der Waals surface area contributed by atoms with Gasteiger partial charge in [-0.1, -0.05) is 37.1 Å². The van der Waals surface area contributed by atoms with Gasteiger partial charge in [-0.05, 0) is 56.0 Å². The van der Waals surface area contributed by atoms with Crippen molar-refractivity contribution >= 4 is 6.03 Å². The number of carbonyl (C=O) groups excluding carboxylic acids is 1. The van der Waals surface area contributed by atoms with Crippen molar-refractivity contribution < 1.29 is 4.79 Å². The summed E-state index contributed by atoms with van der Waals surface area (Å²) in [4.78, 5) is 17.2. The van der Waals surface area contributed by atoms with E-state index in [4.69, 9.17) is 0 Å². The van der Waals surface area contributed by atoms with Crippen molar-refractivity contribution in [2.24, 2.45) is 0 Å². The summed E-state index contributed by atoms with van der Waals surface area (Å²) >= 11 is 0. The van der Waals surface area contributed by atoms with E-state index in [0.717, 1.165) is 38.2 Å². The summed E-state index contributed by atoms with van der Waals surface area (Å²) in [7, 11) is 0. The highest BCUT2D eigenvalue weighted by Gasteiger charge is 2.25. The molecule has 156 valence electrons. The number of hydrogen-bond donors (Lipinski definition) is 2. The van der Waals surface area contributed by atoms with Crippen LogP contribution in [-0.4, -0.2) is 52.2 Å². The summed E-state index contributed by atoms with van der Waals surface area (Å²) in [5, 5.41) is 10.2. The monoisotopic (exact) mass is 395 g/mol. The number of hydrogen-bond acceptors (Lipinski definition) is 3. The van der Waals surface area contributed by atoms with E-state index in [-0.39, 0.29) is 6.03 Å². The van der Waals surface area contributed by atoms with E-state index in [0.29, 0.717) is 12.5 Å². The molecule has 2 N–H and O–H groups in total. The molecule has 1 unspecified atom stereocenters. The third-order valence-electron chi connectivity index (χ3n) is 6.21. The van der Waals surface area contributed by atoms with Crippen molar-refractivity contribution in [2.45, 2.75) is 57.5 Å². The standard InChI is InChI=1S/C23H33N5O/c29-23(28-14-6-9-21(18-28)22-10-11-25-26-22)24-16-19-7-5-8-20(15-19)17-27-12-3-1-2-4-13-27/h5,7-8,10-11,15,21H,1-4,6,9,12-14,16-18H2,(H,24,29)(H,25,26). The molecule has 3 heterocycles. The molecule has 2 aliphatic rings. The fraction of sp³-hybridized carbons (Fsp3) is 0.565. The molecule has 1 atom stereocenters. The molecule has 2 fully saturated rings. The molecule has 2 aliphatic heterocycles. The number of amides is 2. The van der Waals surface area contributed by atoms with E-state index in [1.807, 2.05) is 11.0 Å². The molecule has 2 saturated heterocycles. The lowest BCUT2D eigenvalue weighted by Gasteiger charge is -2.32. The number of piperidine rings is 1. The molecule has 1 aromatic carbocycles. The number of aromatic nitrogens is 2. The van der Waals surface area contributed by atoms with Crippen molar-refractivity contribution in [2.75, 3.05) is 26.2 Å². The molecule has 0 aliphatic carbocycles. The van der Waals surface area contributed by atoms with Crippen molar-refractivity contribution in [1.29, 1.82) is 0 Å². The van der Waals surface area contributed by atoms with Gasteiger partial charge in [0.25, 0.3) is 0 Å². The Balaban J connectivity index is 1.28. The second-order valence-electron chi connectivity index (χ2n) is 8.47. The van der Waals surface area contributed by atoms with Gasteiger partial charge in [-0.3, -0.25) is 10.00 Å². The van der Waals surface area contributed by atoms with Crippen LogP contribution in [0.5, 0.6) is 0 Å². The first-order chi connectivity index (χ1) is 14.3. The molecule has 0 bridgehead atoms. The van der Waals surface area contributed by atoms with Gasteiger partial charge in [-0.15, -0.1) is 0 Å². The van der Waals surface area contributed by atoms with Crippen molar-refractivity contribution in [3.63, 3.8) is 0 Å². The number of rotatable bonds is 5. The largest absolute Gasteiger partial charge is 0.334 e. The zero-order chi connectivity index (χ0) is 19.9. The SMILES string of the molecule is O=C(NCc1cccc(CN2CCCCCC2)c1)N1CCCC(c2ccn[nH]2)C1. The number of benzene rings is 1. The van der Waals surface area contributed by atoms with Gasteiger partial charge in [0, 0.05) is 44.0 Å². The number of nitrogens with one attached hydrogen (secondary N) is 2. The van der Waals surface area contributed by atoms with E-state index in [2.05, 4.69) is 44.7 Å². The maximum Gasteiger partial charge on any atom is 0.317 e. The Hall–Kier alpha value is -2.34. The topological polar surface area (TPSA) is 64.3 Å². The minimum atomic E-state index is 0.0344. The minimum Gasteiger partial charge on any atom is -0.334 e. The predicted octanol–water partition coefficient (Wildman–Crippen LogP) is 3.87.